The van der Waals surface area contributed by atoms with Crippen LogP contribution in [0.25, 0.3) is 0 Å². The van der Waals surface area contributed by atoms with Crippen molar-refractivity contribution in [3.8, 4) is 0 Å². The predicted molar refractivity (Wildman–Crippen MR) is 78.5 cm³/mol. The third-order valence-electron chi connectivity index (χ3n) is 2.98. The largest absolute Gasteiger partial charge is 0.374 e. The number of ether oxygens (including phenoxy) is 1. The topological polar surface area (TPSA) is 71.1 Å². The monoisotopic (exact) mass is 288 g/mol. The first-order chi connectivity index (χ1) is 10.1. The van der Waals surface area contributed by atoms with Crippen LogP contribution in [0.5, 0.6) is 0 Å². The van der Waals surface area contributed by atoms with E-state index in [0.29, 0.717) is 24.5 Å². The number of hydrogen-bond donors (Lipinski definition) is 1. The van der Waals surface area contributed by atoms with E-state index in [0.717, 1.165) is 5.56 Å². The van der Waals surface area contributed by atoms with Crippen molar-refractivity contribution in [3.63, 3.8) is 0 Å². The fraction of sp³-hybridized carbons (Fsp3) is 0.400. The van der Waals surface area contributed by atoms with Crippen LogP contribution in [-0.2, 0) is 17.9 Å². The smallest absolute Gasteiger partial charge is 0.254 e. The molecule has 2 rings (SSSR count). The molecule has 0 saturated heterocycles. The van der Waals surface area contributed by atoms with Gasteiger partial charge in [-0.25, -0.2) is 4.98 Å². The fourth-order valence-corrected chi connectivity index (χ4v) is 1.83. The zero-order valence-corrected chi connectivity index (χ0v) is 12.5. The third kappa shape index (κ3) is 4.39. The molecule has 0 aliphatic rings. The molecule has 0 bridgehead atoms. The zero-order chi connectivity index (χ0) is 15.2. The lowest BCUT2D eigenvalue weighted by molar-refractivity contribution is 0.0656. The zero-order valence-electron chi connectivity index (χ0n) is 12.5. The van der Waals surface area contributed by atoms with Crippen molar-refractivity contribution in [1.82, 2.24) is 20.1 Å². The second-order valence-corrected chi connectivity index (χ2v) is 5.15. The molecule has 0 fully saturated rings. The van der Waals surface area contributed by atoms with E-state index in [2.05, 4.69) is 15.2 Å². The molecule has 0 spiro atoms. The highest BCUT2D eigenvalue weighted by atomic mass is 16.5. The number of carbonyl (C=O) groups is 1. The van der Waals surface area contributed by atoms with Crippen LogP contribution in [0.1, 0.15) is 35.6 Å². The standard InChI is InChI=1S/C15H20N4O2/c1-11(2)21-9-12-4-6-13(7-5-12)15(20)19(3)8-14-16-10-17-18-14/h4-7,10-11H,8-9H2,1-3H3,(H,16,17,18). The van der Waals surface area contributed by atoms with Crippen LogP contribution in [-0.4, -0.2) is 39.1 Å². The van der Waals surface area contributed by atoms with Crippen molar-refractivity contribution in [2.45, 2.75) is 33.1 Å². The number of H-pyrrole nitrogens is 1. The van der Waals surface area contributed by atoms with Crippen molar-refractivity contribution < 1.29 is 9.53 Å². The van der Waals surface area contributed by atoms with E-state index in [9.17, 15) is 4.79 Å². The Kier molecular flexibility index (Phi) is 5.05. The van der Waals surface area contributed by atoms with Crippen LogP contribution < -0.4 is 0 Å². The maximum atomic E-state index is 12.3. The number of carbonyl (C=O) groups excluding carboxylic acids is 1. The van der Waals surface area contributed by atoms with Crippen LogP contribution in [0.2, 0.25) is 0 Å². The number of nitrogens with zero attached hydrogens (tertiary/aromatic N) is 3. The summed E-state index contributed by atoms with van der Waals surface area (Å²) in [6, 6.07) is 7.46. The molecule has 1 heterocycles. The molecule has 1 N–H and O–H groups in total. The van der Waals surface area contributed by atoms with E-state index in [1.54, 1.807) is 11.9 Å². The van der Waals surface area contributed by atoms with E-state index in [1.165, 1.54) is 6.33 Å². The molecule has 6 nitrogen and oxygen atoms in total. The van der Waals surface area contributed by atoms with Gasteiger partial charge in [0.15, 0.2) is 0 Å². The van der Waals surface area contributed by atoms with E-state index in [4.69, 9.17) is 4.74 Å². The first-order valence-corrected chi connectivity index (χ1v) is 6.86. The van der Waals surface area contributed by atoms with Gasteiger partial charge in [-0.2, -0.15) is 5.10 Å². The summed E-state index contributed by atoms with van der Waals surface area (Å²) in [6.07, 6.45) is 1.62. The first-order valence-electron chi connectivity index (χ1n) is 6.86. The number of nitrogens with one attached hydrogen (secondary N) is 1. The Morgan fingerprint density at radius 1 is 1.33 bits per heavy atom. The quantitative estimate of drug-likeness (QED) is 0.882. The minimum absolute atomic E-state index is 0.0530. The minimum atomic E-state index is -0.0530. The Morgan fingerprint density at radius 3 is 2.62 bits per heavy atom. The molecule has 1 amide bonds. The average molecular weight is 288 g/mol. The van der Waals surface area contributed by atoms with Gasteiger partial charge in [-0.3, -0.25) is 9.89 Å². The molecule has 6 heteroatoms. The Morgan fingerprint density at radius 2 is 2.05 bits per heavy atom. The second-order valence-electron chi connectivity index (χ2n) is 5.15. The molecule has 21 heavy (non-hydrogen) atoms. The summed E-state index contributed by atoms with van der Waals surface area (Å²) in [5.41, 5.74) is 1.70. The van der Waals surface area contributed by atoms with E-state index >= 15 is 0 Å². The van der Waals surface area contributed by atoms with Gasteiger partial charge in [0.25, 0.3) is 5.91 Å². The Balaban J connectivity index is 1.95. The van der Waals surface area contributed by atoms with Gasteiger partial charge < -0.3 is 9.64 Å². The summed E-state index contributed by atoms with van der Waals surface area (Å²) in [6.45, 7) is 4.95. The fourth-order valence-electron chi connectivity index (χ4n) is 1.83. The van der Waals surface area contributed by atoms with Gasteiger partial charge in [0, 0.05) is 12.6 Å². The number of rotatable bonds is 6. The molecule has 0 unspecified atom stereocenters. The van der Waals surface area contributed by atoms with E-state index < -0.39 is 0 Å². The van der Waals surface area contributed by atoms with Crippen molar-refractivity contribution in [2.75, 3.05) is 7.05 Å². The van der Waals surface area contributed by atoms with Crippen LogP contribution in [0.15, 0.2) is 30.6 Å². The second kappa shape index (κ2) is 6.99. The molecule has 0 radical (unpaired) electrons. The van der Waals surface area contributed by atoms with Crippen molar-refractivity contribution >= 4 is 5.91 Å². The Hall–Kier alpha value is -2.21. The summed E-state index contributed by atoms with van der Waals surface area (Å²) in [5, 5.41) is 6.50. The number of hydrogen-bond acceptors (Lipinski definition) is 4. The molecule has 0 aliphatic heterocycles. The lowest BCUT2D eigenvalue weighted by Gasteiger charge is -2.16. The first kappa shape index (κ1) is 15.2. The number of aromatic nitrogens is 3. The molecule has 0 saturated carbocycles. The summed E-state index contributed by atoms with van der Waals surface area (Å²) in [7, 11) is 1.74. The lowest BCUT2D eigenvalue weighted by Crippen LogP contribution is -2.26. The van der Waals surface area contributed by atoms with Crippen molar-refractivity contribution in [3.05, 3.63) is 47.5 Å². The van der Waals surface area contributed by atoms with E-state index in [-0.39, 0.29) is 12.0 Å². The van der Waals surface area contributed by atoms with Gasteiger partial charge in [-0.05, 0) is 31.5 Å². The molecule has 0 aliphatic carbocycles. The number of benzene rings is 1. The van der Waals surface area contributed by atoms with Crippen LogP contribution >= 0.6 is 0 Å². The summed E-state index contributed by atoms with van der Waals surface area (Å²) < 4.78 is 5.53. The Labute approximate surface area is 124 Å². The lowest BCUT2D eigenvalue weighted by atomic mass is 10.1. The van der Waals surface area contributed by atoms with Gasteiger partial charge in [-0.1, -0.05) is 12.1 Å². The van der Waals surface area contributed by atoms with Crippen molar-refractivity contribution in [2.24, 2.45) is 0 Å². The van der Waals surface area contributed by atoms with Gasteiger partial charge in [0.1, 0.15) is 12.2 Å². The average Bonchev–Trinajstić information content (AvgIpc) is 2.97. The van der Waals surface area contributed by atoms with Gasteiger partial charge in [-0.15, -0.1) is 0 Å². The highest BCUT2D eigenvalue weighted by molar-refractivity contribution is 5.94. The van der Waals surface area contributed by atoms with Gasteiger partial charge in [0.05, 0.1) is 19.3 Å². The summed E-state index contributed by atoms with van der Waals surface area (Å²) in [5.74, 6) is 0.607. The molecular weight excluding hydrogens is 268 g/mol. The van der Waals surface area contributed by atoms with Crippen LogP contribution in [0.4, 0.5) is 0 Å². The minimum Gasteiger partial charge on any atom is -0.374 e. The van der Waals surface area contributed by atoms with Crippen LogP contribution in [0, 0.1) is 0 Å². The SMILES string of the molecule is CC(C)OCc1ccc(C(=O)N(C)Cc2ncn[nH]2)cc1. The third-order valence-corrected chi connectivity index (χ3v) is 2.98. The summed E-state index contributed by atoms with van der Waals surface area (Å²) in [4.78, 5) is 17.9. The molecule has 2 aromatic rings. The number of amides is 1. The summed E-state index contributed by atoms with van der Waals surface area (Å²) >= 11 is 0. The molecular formula is C15H20N4O2. The predicted octanol–water partition coefficient (Wildman–Crippen LogP) is 2.00. The molecule has 1 aromatic carbocycles. The maximum Gasteiger partial charge on any atom is 0.254 e. The van der Waals surface area contributed by atoms with Gasteiger partial charge in [0.2, 0.25) is 0 Å². The molecule has 0 atom stereocenters. The molecule has 1 aromatic heterocycles. The van der Waals surface area contributed by atoms with Crippen LogP contribution in [0.3, 0.4) is 0 Å². The molecule has 112 valence electrons. The highest BCUT2D eigenvalue weighted by Crippen LogP contribution is 2.10. The van der Waals surface area contributed by atoms with Crippen molar-refractivity contribution in [1.29, 1.82) is 0 Å². The maximum absolute atomic E-state index is 12.3. The van der Waals surface area contributed by atoms with Gasteiger partial charge >= 0.3 is 0 Å². The number of aromatic amines is 1. The highest BCUT2D eigenvalue weighted by Gasteiger charge is 2.13. The van der Waals surface area contributed by atoms with E-state index in [1.807, 2.05) is 38.1 Å². The normalized spacial score (nSPS) is 10.9. The Bertz CT molecular complexity index is 564.